The van der Waals surface area contributed by atoms with E-state index < -0.39 is 0 Å². The fourth-order valence-electron chi connectivity index (χ4n) is 1.95. The smallest absolute Gasteiger partial charge is 0.305 e. The van der Waals surface area contributed by atoms with Crippen molar-refractivity contribution in [2.75, 3.05) is 13.2 Å². The molecule has 0 N–H and O–H groups in total. The van der Waals surface area contributed by atoms with Gasteiger partial charge in [0, 0.05) is 35.3 Å². The van der Waals surface area contributed by atoms with Crippen LogP contribution in [0.3, 0.4) is 0 Å². The van der Waals surface area contributed by atoms with E-state index in [9.17, 15) is 4.79 Å². The van der Waals surface area contributed by atoms with Gasteiger partial charge in [-0.15, -0.1) is 0 Å². The molecule has 0 unspecified atom stereocenters. The molecule has 0 atom stereocenters. The van der Waals surface area contributed by atoms with Crippen molar-refractivity contribution in [2.45, 2.75) is 26.2 Å². The van der Waals surface area contributed by atoms with Gasteiger partial charge in [0.15, 0.2) is 0 Å². The van der Waals surface area contributed by atoms with E-state index in [4.69, 9.17) is 9.57 Å². The third kappa shape index (κ3) is 5.83. The first-order chi connectivity index (χ1) is 11.3. The van der Waals surface area contributed by atoms with E-state index >= 15 is 0 Å². The van der Waals surface area contributed by atoms with Gasteiger partial charge in [-0.1, -0.05) is 5.16 Å². The summed E-state index contributed by atoms with van der Waals surface area (Å²) < 4.78 is 4.88. The van der Waals surface area contributed by atoms with Gasteiger partial charge >= 0.3 is 5.97 Å². The molecule has 0 aromatic carbocycles. The summed E-state index contributed by atoms with van der Waals surface area (Å²) in [4.78, 5) is 20.8. The number of ether oxygens (including phenoxy) is 1. The zero-order valence-electron chi connectivity index (χ0n) is 13.1. The van der Waals surface area contributed by atoms with Crippen molar-refractivity contribution in [1.82, 2.24) is 4.98 Å². The van der Waals surface area contributed by atoms with Crippen LogP contribution >= 0.6 is 11.3 Å². The van der Waals surface area contributed by atoms with Crippen molar-refractivity contribution in [3.8, 4) is 0 Å². The van der Waals surface area contributed by atoms with E-state index in [-0.39, 0.29) is 5.97 Å². The lowest BCUT2D eigenvalue weighted by Gasteiger charge is -2.05. The van der Waals surface area contributed by atoms with E-state index in [0.717, 1.165) is 29.7 Å². The fraction of sp³-hybridized carbons (Fsp3) is 0.353. The number of aromatic nitrogens is 1. The van der Waals surface area contributed by atoms with Gasteiger partial charge in [0.25, 0.3) is 0 Å². The quantitative estimate of drug-likeness (QED) is 0.304. The maximum atomic E-state index is 11.2. The van der Waals surface area contributed by atoms with Crippen LogP contribution in [0.1, 0.15) is 37.3 Å². The van der Waals surface area contributed by atoms with E-state index in [1.807, 2.05) is 29.0 Å². The molecule has 5 nitrogen and oxygen atoms in total. The number of oxime groups is 1. The average molecular weight is 332 g/mol. The molecule has 23 heavy (non-hydrogen) atoms. The normalized spacial score (nSPS) is 11.3. The number of carbonyl (C=O) groups excluding carboxylic acids is 1. The third-order valence-corrected chi connectivity index (χ3v) is 3.74. The molecule has 0 radical (unpaired) electrons. The molecule has 2 aromatic heterocycles. The van der Waals surface area contributed by atoms with E-state index in [1.165, 1.54) is 0 Å². The summed E-state index contributed by atoms with van der Waals surface area (Å²) in [6.07, 6.45) is 5.40. The molecule has 0 saturated heterocycles. The van der Waals surface area contributed by atoms with E-state index in [0.29, 0.717) is 19.6 Å². The number of pyridine rings is 1. The molecule has 0 aliphatic rings. The Labute approximate surface area is 140 Å². The largest absolute Gasteiger partial charge is 0.466 e. The summed E-state index contributed by atoms with van der Waals surface area (Å²) in [6, 6.07) is 5.82. The molecule has 6 heteroatoms. The lowest BCUT2D eigenvalue weighted by atomic mass is 10.1. The lowest BCUT2D eigenvalue weighted by Crippen LogP contribution is -2.05. The van der Waals surface area contributed by atoms with Crippen molar-refractivity contribution < 1.29 is 14.4 Å². The first-order valence-electron chi connectivity index (χ1n) is 7.59. The van der Waals surface area contributed by atoms with Gasteiger partial charge in [0.1, 0.15) is 12.3 Å². The first-order valence-corrected chi connectivity index (χ1v) is 8.54. The average Bonchev–Trinajstić information content (AvgIpc) is 3.09. The number of hydrogen-bond donors (Lipinski definition) is 0. The second-order valence-corrected chi connectivity index (χ2v) is 5.57. The number of unbranched alkanes of at least 4 members (excludes halogenated alkanes) is 1. The van der Waals surface area contributed by atoms with Gasteiger partial charge in [-0.3, -0.25) is 9.78 Å². The summed E-state index contributed by atoms with van der Waals surface area (Å²) in [7, 11) is 0. The van der Waals surface area contributed by atoms with Crippen LogP contribution in [-0.4, -0.2) is 29.9 Å². The Hall–Kier alpha value is -2.21. The van der Waals surface area contributed by atoms with Crippen molar-refractivity contribution >= 4 is 23.0 Å². The van der Waals surface area contributed by atoms with Crippen LogP contribution in [0.15, 0.2) is 46.5 Å². The zero-order chi connectivity index (χ0) is 16.3. The minimum Gasteiger partial charge on any atom is -0.466 e. The van der Waals surface area contributed by atoms with Gasteiger partial charge in [-0.2, -0.15) is 11.3 Å². The number of thiophene rings is 1. The second-order valence-electron chi connectivity index (χ2n) is 4.79. The maximum absolute atomic E-state index is 11.2. The molecule has 0 aliphatic carbocycles. The molecule has 0 aliphatic heterocycles. The predicted octanol–water partition coefficient (Wildman–Crippen LogP) is 3.65. The molecule has 0 fully saturated rings. The second kappa shape index (κ2) is 9.74. The Morgan fingerprint density at radius 3 is 2.91 bits per heavy atom. The van der Waals surface area contributed by atoms with Crippen LogP contribution in [0.4, 0.5) is 0 Å². The Bertz CT molecular complexity index is 612. The Morgan fingerprint density at radius 1 is 1.30 bits per heavy atom. The highest BCUT2D eigenvalue weighted by molar-refractivity contribution is 7.08. The number of carbonyl (C=O) groups is 1. The van der Waals surface area contributed by atoms with Gasteiger partial charge in [0.05, 0.1) is 6.61 Å². The summed E-state index contributed by atoms with van der Waals surface area (Å²) in [5.74, 6) is -0.162. The number of hydrogen-bond acceptors (Lipinski definition) is 6. The standard InChI is InChI=1S/C17H20N2O3S/c1-2-21-16(20)7-3-4-10-22-19-17(15-8-11-23-13-15)14-6-5-9-18-12-14/h5-6,8-9,11-13H,2-4,7,10H2,1H3/b19-17+. The monoisotopic (exact) mass is 332 g/mol. The minimum atomic E-state index is -0.162. The summed E-state index contributed by atoms with van der Waals surface area (Å²) in [5, 5.41) is 8.28. The predicted molar refractivity (Wildman–Crippen MR) is 90.6 cm³/mol. The highest BCUT2D eigenvalue weighted by atomic mass is 32.1. The van der Waals surface area contributed by atoms with Gasteiger partial charge < -0.3 is 9.57 Å². The van der Waals surface area contributed by atoms with E-state index in [1.54, 1.807) is 30.7 Å². The highest BCUT2D eigenvalue weighted by Crippen LogP contribution is 2.14. The lowest BCUT2D eigenvalue weighted by molar-refractivity contribution is -0.143. The maximum Gasteiger partial charge on any atom is 0.305 e. The molecule has 2 heterocycles. The fourth-order valence-corrected chi connectivity index (χ4v) is 2.59. The SMILES string of the molecule is CCOC(=O)CCCCO/N=C(\c1cccnc1)c1ccsc1. The molecule has 0 amide bonds. The first kappa shape index (κ1) is 17.1. The Balaban J connectivity index is 1.86. The number of esters is 1. The summed E-state index contributed by atoms with van der Waals surface area (Å²) in [6.45, 7) is 2.70. The van der Waals surface area contributed by atoms with Gasteiger partial charge in [-0.05, 0) is 43.3 Å². The van der Waals surface area contributed by atoms with Gasteiger partial charge in [0.2, 0.25) is 0 Å². The Kier molecular flexibility index (Phi) is 7.26. The number of nitrogens with zero attached hydrogens (tertiary/aromatic N) is 2. The van der Waals surface area contributed by atoms with Crippen LogP contribution in [0.2, 0.25) is 0 Å². The number of rotatable bonds is 9. The Morgan fingerprint density at radius 2 is 2.22 bits per heavy atom. The van der Waals surface area contributed by atoms with Crippen molar-refractivity contribution in [3.63, 3.8) is 0 Å². The summed E-state index contributed by atoms with van der Waals surface area (Å²) in [5.41, 5.74) is 2.69. The zero-order valence-corrected chi connectivity index (χ0v) is 13.9. The molecule has 2 rings (SSSR count). The minimum absolute atomic E-state index is 0.162. The topological polar surface area (TPSA) is 60.8 Å². The third-order valence-electron chi connectivity index (χ3n) is 3.06. The van der Waals surface area contributed by atoms with Crippen LogP contribution in [0.5, 0.6) is 0 Å². The molecular weight excluding hydrogens is 312 g/mol. The molecule has 0 bridgehead atoms. The molecule has 0 saturated carbocycles. The van der Waals surface area contributed by atoms with Crippen molar-refractivity contribution in [1.29, 1.82) is 0 Å². The molecule has 2 aromatic rings. The van der Waals surface area contributed by atoms with Crippen molar-refractivity contribution in [3.05, 3.63) is 52.5 Å². The molecule has 122 valence electrons. The molecular formula is C17H20N2O3S. The van der Waals surface area contributed by atoms with Crippen LogP contribution in [0, 0.1) is 0 Å². The van der Waals surface area contributed by atoms with Gasteiger partial charge in [-0.25, -0.2) is 0 Å². The molecule has 0 spiro atoms. The highest BCUT2D eigenvalue weighted by Gasteiger charge is 2.08. The summed E-state index contributed by atoms with van der Waals surface area (Å²) >= 11 is 1.61. The van der Waals surface area contributed by atoms with Crippen molar-refractivity contribution in [2.24, 2.45) is 5.16 Å². The van der Waals surface area contributed by atoms with Crippen LogP contribution in [0.25, 0.3) is 0 Å². The van der Waals surface area contributed by atoms with E-state index in [2.05, 4.69) is 10.1 Å². The van der Waals surface area contributed by atoms with Crippen LogP contribution < -0.4 is 0 Å². The van der Waals surface area contributed by atoms with Crippen LogP contribution in [-0.2, 0) is 14.4 Å².